The quantitative estimate of drug-likeness (QED) is 0.379. The number of carbonyl (C=O) groups is 2. The van der Waals surface area contributed by atoms with E-state index in [1.165, 1.54) is 0 Å². The second-order valence-electron chi connectivity index (χ2n) is 3.69. The average molecular weight is 186 g/mol. The molecule has 0 bridgehead atoms. The Labute approximate surface area is 75.6 Å². The van der Waals surface area contributed by atoms with Crippen LogP contribution in [-0.2, 0) is 9.59 Å². The largest absolute Gasteiger partial charge is 0.369 e. The summed E-state index contributed by atoms with van der Waals surface area (Å²) in [4.78, 5) is 21.9. The fraction of sp³-hybridized carbons (Fsp3) is 0.714. The maximum atomic E-state index is 11.0. The minimum atomic E-state index is -1.37. The van der Waals surface area contributed by atoms with Crippen LogP contribution in [0.1, 0.15) is 6.92 Å². The van der Waals surface area contributed by atoms with E-state index in [-0.39, 0.29) is 6.54 Å². The minimum absolute atomic E-state index is 0.111. The van der Waals surface area contributed by atoms with Crippen LogP contribution >= 0.6 is 0 Å². The third-order valence-corrected chi connectivity index (χ3v) is 3.07. The van der Waals surface area contributed by atoms with Gasteiger partial charge in [-0.05, 0) is 0 Å². The molecule has 0 aromatic rings. The molecule has 1 rings (SSSR count). The summed E-state index contributed by atoms with van der Waals surface area (Å²) in [6.45, 7) is 1.74. The van der Waals surface area contributed by atoms with Gasteiger partial charge in [-0.15, -0.1) is 0 Å². The summed E-state index contributed by atoms with van der Waals surface area (Å²) >= 11 is 0. The Morgan fingerprint density at radius 2 is 1.85 bits per heavy atom. The third-order valence-electron chi connectivity index (χ3n) is 3.07. The molecule has 0 heterocycles. The van der Waals surface area contributed by atoms with Crippen LogP contribution in [0.2, 0.25) is 0 Å². The van der Waals surface area contributed by atoms with Crippen LogP contribution in [0.4, 0.5) is 0 Å². The Bertz CT molecular complexity index is 280. The van der Waals surface area contributed by atoms with Crippen molar-refractivity contribution in [2.75, 3.05) is 6.54 Å². The molecule has 1 aliphatic carbocycles. The van der Waals surface area contributed by atoms with Crippen LogP contribution in [-0.4, -0.2) is 23.9 Å². The van der Waals surface area contributed by atoms with Crippen molar-refractivity contribution >= 4 is 11.8 Å². The van der Waals surface area contributed by atoms with Crippen LogP contribution in [0.15, 0.2) is 0 Å². The van der Waals surface area contributed by atoms with Crippen LogP contribution in [0.3, 0.4) is 0 Å². The molecule has 0 radical (unpaired) electrons. The molecule has 6 nitrogen and oxygen atoms in total. The van der Waals surface area contributed by atoms with Gasteiger partial charge >= 0.3 is 0 Å². The van der Waals surface area contributed by atoms with E-state index in [0.29, 0.717) is 0 Å². The summed E-state index contributed by atoms with van der Waals surface area (Å²) in [5.41, 5.74) is 19.1. The predicted molar refractivity (Wildman–Crippen MR) is 46.0 cm³/mol. The van der Waals surface area contributed by atoms with Crippen molar-refractivity contribution in [3.05, 3.63) is 0 Å². The van der Waals surface area contributed by atoms with Crippen LogP contribution < -0.4 is 22.9 Å². The fourth-order valence-electron chi connectivity index (χ4n) is 1.96. The van der Waals surface area contributed by atoms with Gasteiger partial charge in [0.2, 0.25) is 11.8 Å². The lowest BCUT2D eigenvalue weighted by molar-refractivity contribution is -0.124. The molecular weight excluding hydrogens is 172 g/mol. The van der Waals surface area contributed by atoms with Gasteiger partial charge in [-0.2, -0.15) is 0 Å². The molecule has 0 aromatic heterocycles. The van der Waals surface area contributed by atoms with Crippen molar-refractivity contribution in [1.82, 2.24) is 0 Å². The first-order valence-corrected chi connectivity index (χ1v) is 3.90. The molecule has 0 aromatic carbocycles. The summed E-state index contributed by atoms with van der Waals surface area (Å²) in [5, 5.41) is 0. The Balaban J connectivity index is 3.03. The van der Waals surface area contributed by atoms with Gasteiger partial charge in [-0.3, -0.25) is 9.59 Å². The van der Waals surface area contributed by atoms with E-state index in [1.807, 2.05) is 0 Å². The molecule has 1 fully saturated rings. The monoisotopic (exact) mass is 186 g/mol. The molecule has 74 valence electrons. The lowest BCUT2D eigenvalue weighted by Crippen LogP contribution is -2.46. The van der Waals surface area contributed by atoms with Crippen LogP contribution in [0, 0.1) is 11.3 Å². The first-order valence-electron chi connectivity index (χ1n) is 3.90. The SMILES string of the molecule is CC1(CN)C(C(N)=O)C1(N)C(N)=O. The number of rotatable bonds is 3. The van der Waals surface area contributed by atoms with Gasteiger partial charge in [0.15, 0.2) is 0 Å². The molecule has 1 aliphatic rings. The molecule has 6 heteroatoms. The Kier molecular flexibility index (Phi) is 1.86. The lowest BCUT2D eigenvalue weighted by Gasteiger charge is -2.11. The Morgan fingerprint density at radius 1 is 1.38 bits per heavy atom. The summed E-state index contributed by atoms with van der Waals surface area (Å²) in [6.07, 6.45) is 0. The third kappa shape index (κ3) is 0.895. The number of nitrogens with two attached hydrogens (primary N) is 4. The molecule has 0 aliphatic heterocycles. The van der Waals surface area contributed by atoms with Crippen molar-refractivity contribution in [3.63, 3.8) is 0 Å². The van der Waals surface area contributed by atoms with Crippen molar-refractivity contribution < 1.29 is 9.59 Å². The number of carbonyl (C=O) groups excluding carboxylic acids is 2. The van der Waals surface area contributed by atoms with E-state index in [2.05, 4.69) is 0 Å². The second-order valence-corrected chi connectivity index (χ2v) is 3.69. The maximum absolute atomic E-state index is 11.0. The number of hydrogen-bond acceptors (Lipinski definition) is 4. The number of hydrogen-bond donors (Lipinski definition) is 4. The zero-order chi connectivity index (χ0) is 10.4. The minimum Gasteiger partial charge on any atom is -0.369 e. The summed E-state index contributed by atoms with van der Waals surface area (Å²) in [7, 11) is 0. The molecule has 13 heavy (non-hydrogen) atoms. The highest BCUT2D eigenvalue weighted by Crippen LogP contribution is 2.59. The zero-order valence-corrected chi connectivity index (χ0v) is 7.41. The normalized spacial score (nSPS) is 42.8. The molecule has 0 saturated heterocycles. The van der Waals surface area contributed by atoms with Crippen molar-refractivity contribution in [1.29, 1.82) is 0 Å². The van der Waals surface area contributed by atoms with Gasteiger partial charge < -0.3 is 22.9 Å². The Morgan fingerprint density at radius 3 is 1.92 bits per heavy atom. The van der Waals surface area contributed by atoms with E-state index in [4.69, 9.17) is 22.9 Å². The average Bonchev–Trinajstić information content (AvgIpc) is 2.52. The molecular formula is C7H14N4O2. The van der Waals surface area contributed by atoms with Gasteiger partial charge in [0.05, 0.1) is 5.92 Å². The molecule has 0 spiro atoms. The topological polar surface area (TPSA) is 138 Å². The van der Waals surface area contributed by atoms with E-state index >= 15 is 0 Å². The standard InChI is InChI=1S/C7H14N4O2/c1-6(2-8)3(4(9)12)7(6,11)5(10)13/h3H,2,8,11H2,1H3,(H2,9,12)(H2,10,13). The highest BCUT2D eigenvalue weighted by molar-refractivity contribution is 6.00. The predicted octanol–water partition coefficient (Wildman–Crippen LogP) is -2.75. The summed E-state index contributed by atoms with van der Waals surface area (Å²) in [6, 6.07) is 0. The lowest BCUT2D eigenvalue weighted by atomic mass is 10.0. The van der Waals surface area contributed by atoms with Gasteiger partial charge in [0, 0.05) is 12.0 Å². The molecule has 8 N–H and O–H groups in total. The summed E-state index contributed by atoms with van der Waals surface area (Å²) < 4.78 is 0. The van der Waals surface area contributed by atoms with E-state index in [9.17, 15) is 9.59 Å². The van der Waals surface area contributed by atoms with Gasteiger partial charge in [-0.25, -0.2) is 0 Å². The smallest absolute Gasteiger partial charge is 0.239 e. The van der Waals surface area contributed by atoms with E-state index in [1.54, 1.807) is 6.92 Å². The first-order chi connectivity index (χ1) is 5.82. The highest BCUT2D eigenvalue weighted by atomic mass is 16.2. The highest BCUT2D eigenvalue weighted by Gasteiger charge is 2.77. The molecule has 3 atom stereocenters. The maximum Gasteiger partial charge on any atom is 0.239 e. The van der Waals surface area contributed by atoms with Gasteiger partial charge in [0.1, 0.15) is 5.54 Å². The van der Waals surface area contributed by atoms with Gasteiger partial charge in [0.25, 0.3) is 0 Å². The molecule has 2 amide bonds. The summed E-state index contributed by atoms with van der Waals surface area (Å²) in [5.74, 6) is -2.11. The van der Waals surface area contributed by atoms with Crippen molar-refractivity contribution in [2.24, 2.45) is 34.3 Å². The number of primary amides is 2. The molecule has 3 unspecified atom stereocenters. The second kappa shape index (κ2) is 2.43. The Hall–Kier alpha value is -1.14. The van der Waals surface area contributed by atoms with Crippen LogP contribution in [0.5, 0.6) is 0 Å². The fourth-order valence-corrected chi connectivity index (χ4v) is 1.96. The first kappa shape index (κ1) is 9.94. The van der Waals surface area contributed by atoms with Crippen LogP contribution in [0.25, 0.3) is 0 Å². The van der Waals surface area contributed by atoms with E-state index < -0.39 is 28.7 Å². The van der Waals surface area contributed by atoms with Crippen molar-refractivity contribution in [2.45, 2.75) is 12.5 Å². The molecule has 1 saturated carbocycles. The van der Waals surface area contributed by atoms with E-state index in [0.717, 1.165) is 0 Å². The van der Waals surface area contributed by atoms with Gasteiger partial charge in [-0.1, -0.05) is 6.92 Å². The zero-order valence-electron chi connectivity index (χ0n) is 7.41. The van der Waals surface area contributed by atoms with Crippen molar-refractivity contribution in [3.8, 4) is 0 Å². The number of amides is 2.